The highest BCUT2D eigenvalue weighted by atomic mass is 16.6. The molecule has 0 spiro atoms. The molecular formula is C24H33NO3. The highest BCUT2D eigenvalue weighted by molar-refractivity contribution is 5.75. The number of methoxy groups -OCH3 is 1. The smallest absolute Gasteiger partial charge is 0.310 e. The van der Waals surface area contributed by atoms with Crippen LogP contribution in [0.25, 0.3) is 0 Å². The van der Waals surface area contributed by atoms with Gasteiger partial charge in [0, 0.05) is 12.5 Å². The summed E-state index contributed by atoms with van der Waals surface area (Å²) < 4.78 is 11.3. The SMILES string of the molecule is C=C1CCC[C@]2(C)C[C@H]3OC(=O)[C@H](CNCCc4ccccc4OC)[C@H]3C[C@@H]12. The molecule has 0 amide bonds. The Morgan fingerprint density at radius 2 is 2.18 bits per heavy atom. The first kappa shape index (κ1) is 19.5. The van der Waals surface area contributed by atoms with Gasteiger partial charge in [0.25, 0.3) is 0 Å². The summed E-state index contributed by atoms with van der Waals surface area (Å²) in [6.07, 6.45) is 6.66. The molecule has 4 rings (SSSR count). The fourth-order valence-electron chi connectivity index (χ4n) is 5.88. The van der Waals surface area contributed by atoms with Gasteiger partial charge in [-0.15, -0.1) is 0 Å². The quantitative estimate of drug-likeness (QED) is 0.456. The molecule has 0 aromatic heterocycles. The summed E-state index contributed by atoms with van der Waals surface area (Å²) in [6.45, 7) is 8.28. The molecule has 1 aromatic carbocycles. The Morgan fingerprint density at radius 3 is 3.00 bits per heavy atom. The predicted octanol–water partition coefficient (Wildman–Crippen LogP) is 4.14. The van der Waals surface area contributed by atoms with Crippen molar-refractivity contribution in [2.24, 2.45) is 23.2 Å². The standard InChI is InChI=1S/C24H33NO3/c1-16-7-6-11-24(2)14-22-18(13-20(16)24)19(23(26)28-22)15-25-12-10-17-8-4-5-9-21(17)27-3/h4-5,8-9,18-20,22,25H,1,6-7,10-15H2,2-3H3/t18-,19-,20+,22-,24-/m1/s1. The van der Waals surface area contributed by atoms with Gasteiger partial charge in [-0.2, -0.15) is 0 Å². The number of esters is 1. The maximum atomic E-state index is 12.6. The molecule has 2 aliphatic carbocycles. The first-order valence-electron chi connectivity index (χ1n) is 10.7. The third kappa shape index (κ3) is 3.59. The molecule has 5 atom stereocenters. The first-order chi connectivity index (χ1) is 13.5. The number of allylic oxidation sites excluding steroid dienone is 1. The van der Waals surface area contributed by atoms with Crippen LogP contribution < -0.4 is 10.1 Å². The van der Waals surface area contributed by atoms with E-state index in [2.05, 4.69) is 24.9 Å². The molecule has 3 fully saturated rings. The second kappa shape index (κ2) is 7.90. The maximum absolute atomic E-state index is 12.6. The van der Waals surface area contributed by atoms with Crippen LogP contribution in [0.15, 0.2) is 36.4 Å². The Morgan fingerprint density at radius 1 is 1.36 bits per heavy atom. The number of carbonyl (C=O) groups is 1. The van der Waals surface area contributed by atoms with Crippen molar-refractivity contribution in [2.45, 2.75) is 51.6 Å². The van der Waals surface area contributed by atoms with Crippen molar-refractivity contribution in [3.63, 3.8) is 0 Å². The molecule has 1 aliphatic heterocycles. The topological polar surface area (TPSA) is 47.6 Å². The number of benzene rings is 1. The second-order valence-electron chi connectivity index (χ2n) is 9.17. The zero-order valence-corrected chi connectivity index (χ0v) is 17.2. The van der Waals surface area contributed by atoms with Gasteiger partial charge < -0.3 is 14.8 Å². The summed E-state index contributed by atoms with van der Waals surface area (Å²) >= 11 is 0. The highest BCUT2D eigenvalue weighted by Crippen LogP contribution is 2.56. The van der Waals surface area contributed by atoms with Gasteiger partial charge in [0.05, 0.1) is 13.0 Å². The minimum atomic E-state index is -0.0260. The van der Waals surface area contributed by atoms with Crippen molar-refractivity contribution in [2.75, 3.05) is 20.2 Å². The Bertz CT molecular complexity index is 745. The Kier molecular flexibility index (Phi) is 5.50. The van der Waals surface area contributed by atoms with Gasteiger partial charge in [-0.25, -0.2) is 0 Å². The number of fused-ring (bicyclic) bond motifs is 2. The summed E-state index contributed by atoms with van der Waals surface area (Å²) in [5.74, 6) is 1.77. The number of para-hydroxylation sites is 1. The third-order valence-corrected chi connectivity index (χ3v) is 7.45. The molecule has 2 saturated carbocycles. The van der Waals surface area contributed by atoms with E-state index in [1.54, 1.807) is 7.11 Å². The summed E-state index contributed by atoms with van der Waals surface area (Å²) in [7, 11) is 1.71. The van der Waals surface area contributed by atoms with Gasteiger partial charge in [0.2, 0.25) is 0 Å². The zero-order valence-electron chi connectivity index (χ0n) is 17.2. The first-order valence-corrected chi connectivity index (χ1v) is 10.7. The van der Waals surface area contributed by atoms with Crippen LogP contribution in [0, 0.1) is 23.2 Å². The lowest BCUT2D eigenvalue weighted by molar-refractivity contribution is -0.146. The normalized spacial score (nSPS) is 34.5. The van der Waals surface area contributed by atoms with E-state index in [9.17, 15) is 4.79 Å². The van der Waals surface area contributed by atoms with E-state index in [0.29, 0.717) is 18.4 Å². The second-order valence-corrected chi connectivity index (χ2v) is 9.17. The fraction of sp³-hybridized carbons (Fsp3) is 0.625. The van der Waals surface area contributed by atoms with Crippen LogP contribution in [0.5, 0.6) is 5.75 Å². The molecule has 1 aromatic rings. The number of hydrogen-bond acceptors (Lipinski definition) is 4. The largest absolute Gasteiger partial charge is 0.496 e. The Balaban J connectivity index is 1.35. The van der Waals surface area contributed by atoms with Crippen molar-refractivity contribution < 1.29 is 14.3 Å². The van der Waals surface area contributed by atoms with Crippen LogP contribution in [-0.2, 0) is 16.0 Å². The van der Waals surface area contributed by atoms with E-state index in [0.717, 1.165) is 38.0 Å². The molecule has 1 saturated heterocycles. The minimum absolute atomic E-state index is 0.00680. The fourth-order valence-corrected chi connectivity index (χ4v) is 5.88. The molecule has 0 bridgehead atoms. The molecule has 1 N–H and O–H groups in total. The van der Waals surface area contributed by atoms with Crippen LogP contribution in [-0.4, -0.2) is 32.3 Å². The van der Waals surface area contributed by atoms with Crippen LogP contribution in [0.1, 0.15) is 44.6 Å². The van der Waals surface area contributed by atoms with E-state index >= 15 is 0 Å². The van der Waals surface area contributed by atoms with E-state index < -0.39 is 0 Å². The van der Waals surface area contributed by atoms with Gasteiger partial charge in [-0.3, -0.25) is 4.79 Å². The molecule has 0 radical (unpaired) electrons. The van der Waals surface area contributed by atoms with Crippen molar-refractivity contribution in [1.29, 1.82) is 0 Å². The zero-order chi connectivity index (χ0) is 19.7. The van der Waals surface area contributed by atoms with Crippen LogP contribution in [0.3, 0.4) is 0 Å². The number of hydrogen-bond donors (Lipinski definition) is 1. The van der Waals surface area contributed by atoms with Crippen molar-refractivity contribution in [1.82, 2.24) is 5.32 Å². The van der Waals surface area contributed by atoms with Crippen LogP contribution >= 0.6 is 0 Å². The minimum Gasteiger partial charge on any atom is -0.496 e. The highest BCUT2D eigenvalue weighted by Gasteiger charge is 2.54. The molecule has 4 nitrogen and oxygen atoms in total. The lowest BCUT2D eigenvalue weighted by Crippen LogP contribution is -2.45. The van der Waals surface area contributed by atoms with Crippen molar-refractivity contribution in [3.8, 4) is 5.75 Å². The summed E-state index contributed by atoms with van der Waals surface area (Å²) in [5.41, 5.74) is 2.86. The lowest BCUT2D eigenvalue weighted by Gasteiger charge is -2.50. The molecule has 0 unspecified atom stereocenters. The molecule has 4 heteroatoms. The average Bonchev–Trinajstić information content (AvgIpc) is 2.97. The van der Waals surface area contributed by atoms with Gasteiger partial charge in [-0.1, -0.05) is 37.3 Å². The third-order valence-electron chi connectivity index (χ3n) is 7.45. The Hall–Kier alpha value is -1.81. The summed E-state index contributed by atoms with van der Waals surface area (Å²) in [4.78, 5) is 12.6. The van der Waals surface area contributed by atoms with E-state index in [1.165, 1.54) is 24.0 Å². The van der Waals surface area contributed by atoms with E-state index in [-0.39, 0.29) is 23.4 Å². The number of nitrogens with one attached hydrogen (secondary N) is 1. The summed E-state index contributed by atoms with van der Waals surface area (Å²) in [5, 5.41) is 3.50. The monoisotopic (exact) mass is 383 g/mol. The van der Waals surface area contributed by atoms with Gasteiger partial charge in [0.1, 0.15) is 11.9 Å². The molecular weight excluding hydrogens is 350 g/mol. The van der Waals surface area contributed by atoms with E-state index in [1.807, 2.05) is 18.2 Å². The number of rotatable bonds is 6. The van der Waals surface area contributed by atoms with Gasteiger partial charge in [-0.05, 0) is 68.0 Å². The van der Waals surface area contributed by atoms with Crippen LogP contribution in [0.2, 0.25) is 0 Å². The van der Waals surface area contributed by atoms with Gasteiger partial charge in [0.15, 0.2) is 0 Å². The maximum Gasteiger partial charge on any atom is 0.310 e. The molecule has 1 heterocycles. The van der Waals surface area contributed by atoms with E-state index in [4.69, 9.17) is 9.47 Å². The number of carbonyl (C=O) groups excluding carboxylic acids is 1. The van der Waals surface area contributed by atoms with Crippen molar-refractivity contribution in [3.05, 3.63) is 42.0 Å². The molecule has 3 aliphatic rings. The number of ether oxygens (including phenoxy) is 2. The van der Waals surface area contributed by atoms with Crippen LogP contribution in [0.4, 0.5) is 0 Å². The summed E-state index contributed by atoms with van der Waals surface area (Å²) in [6, 6.07) is 8.11. The lowest BCUT2D eigenvalue weighted by atomic mass is 9.55. The van der Waals surface area contributed by atoms with Gasteiger partial charge >= 0.3 is 5.97 Å². The molecule has 152 valence electrons. The molecule has 28 heavy (non-hydrogen) atoms. The van der Waals surface area contributed by atoms with Crippen molar-refractivity contribution >= 4 is 5.97 Å². The Labute approximate surface area is 168 Å². The predicted molar refractivity (Wildman–Crippen MR) is 110 cm³/mol. The average molecular weight is 384 g/mol.